The van der Waals surface area contributed by atoms with E-state index in [4.69, 9.17) is 16.1 Å². The molecule has 0 aromatic rings. The normalized spacial score (nSPS) is 26.5. The van der Waals surface area contributed by atoms with Crippen LogP contribution < -0.4 is 11.1 Å². The first-order chi connectivity index (χ1) is 13.3. The maximum Gasteiger partial charge on any atom is 0.407 e. The minimum atomic E-state index is -0.743. The fourth-order valence-electron chi connectivity index (χ4n) is 4.94. The zero-order chi connectivity index (χ0) is 20.3. The lowest BCUT2D eigenvalue weighted by Crippen LogP contribution is -2.57. The van der Waals surface area contributed by atoms with Gasteiger partial charge in [0.25, 0.3) is 0 Å². The second-order valence-electron chi connectivity index (χ2n) is 9.34. The van der Waals surface area contributed by atoms with Gasteiger partial charge in [-0.15, -0.1) is 0 Å². The summed E-state index contributed by atoms with van der Waals surface area (Å²) in [4.78, 5) is 24.2. The van der Waals surface area contributed by atoms with Gasteiger partial charge in [0.15, 0.2) is 0 Å². The number of nitriles is 1. The van der Waals surface area contributed by atoms with Crippen LogP contribution in [-0.4, -0.2) is 46.2 Å². The van der Waals surface area contributed by atoms with Crippen molar-refractivity contribution >= 4 is 12.0 Å². The number of carbonyl (C=O) groups is 2. The molecule has 3 saturated carbocycles. The van der Waals surface area contributed by atoms with E-state index >= 15 is 0 Å². The molecule has 1 aliphatic heterocycles. The highest BCUT2D eigenvalue weighted by Crippen LogP contribution is 2.46. The van der Waals surface area contributed by atoms with Crippen LogP contribution in [0.15, 0.2) is 0 Å². The fraction of sp³-hybridized carbons (Fsp3) is 0.857. The van der Waals surface area contributed by atoms with Gasteiger partial charge in [-0.25, -0.2) is 4.79 Å². The topological polar surface area (TPSA) is 119 Å². The van der Waals surface area contributed by atoms with Gasteiger partial charge in [-0.1, -0.05) is 32.1 Å². The number of hydrogen-bond donors (Lipinski definition) is 3. The molecule has 3 aliphatic carbocycles. The van der Waals surface area contributed by atoms with Gasteiger partial charge in [-0.2, -0.15) is 5.26 Å². The Kier molecular flexibility index (Phi) is 6.18. The molecule has 4 fully saturated rings. The molecule has 7 heteroatoms. The number of likely N-dealkylation sites (tertiary alicyclic amines) is 1. The Morgan fingerprint density at radius 2 is 1.43 bits per heavy atom. The smallest absolute Gasteiger partial charge is 0.407 e. The van der Waals surface area contributed by atoms with Gasteiger partial charge >= 0.3 is 6.09 Å². The molecule has 4 aliphatic rings. The highest BCUT2D eigenvalue weighted by Gasteiger charge is 2.48. The summed E-state index contributed by atoms with van der Waals surface area (Å²) in [6.07, 6.45) is 13.1. The summed E-state index contributed by atoms with van der Waals surface area (Å²) >= 11 is 0. The Balaban J connectivity index is 0.000000162. The van der Waals surface area contributed by atoms with Crippen molar-refractivity contribution in [2.45, 2.75) is 94.5 Å². The molecule has 1 spiro atoms. The van der Waals surface area contributed by atoms with Crippen molar-refractivity contribution in [3.05, 3.63) is 0 Å². The molecule has 0 atom stereocenters. The molecule has 0 unspecified atom stereocenters. The van der Waals surface area contributed by atoms with Crippen LogP contribution in [0.3, 0.4) is 0 Å². The molecule has 4 N–H and O–H groups in total. The number of carbonyl (C=O) groups excluding carboxylic acids is 1. The monoisotopic (exact) mass is 390 g/mol. The van der Waals surface area contributed by atoms with Crippen LogP contribution in [0.5, 0.6) is 0 Å². The van der Waals surface area contributed by atoms with Crippen LogP contribution in [0.25, 0.3) is 0 Å². The van der Waals surface area contributed by atoms with Crippen molar-refractivity contribution in [1.29, 1.82) is 5.26 Å². The Morgan fingerprint density at radius 1 is 0.893 bits per heavy atom. The lowest BCUT2D eigenvalue weighted by Gasteiger charge is -2.38. The van der Waals surface area contributed by atoms with E-state index in [9.17, 15) is 9.59 Å². The minimum Gasteiger partial charge on any atom is -0.465 e. The molecule has 0 bridgehead atoms. The summed E-state index contributed by atoms with van der Waals surface area (Å²) in [5.41, 5.74) is 5.30. The van der Waals surface area contributed by atoms with E-state index in [1.807, 2.05) is 0 Å². The van der Waals surface area contributed by atoms with E-state index in [-0.39, 0.29) is 5.91 Å². The number of amides is 2. The molecule has 156 valence electrons. The summed E-state index contributed by atoms with van der Waals surface area (Å²) in [7, 11) is 0. The average molecular weight is 391 g/mol. The lowest BCUT2D eigenvalue weighted by molar-refractivity contribution is -0.128. The summed E-state index contributed by atoms with van der Waals surface area (Å²) in [5.74, 6) is -0.124. The predicted octanol–water partition coefficient (Wildman–Crippen LogP) is 3.14. The van der Waals surface area contributed by atoms with Crippen molar-refractivity contribution < 1.29 is 14.7 Å². The molecular formula is C21H34N4O3. The third kappa shape index (κ3) is 4.78. The highest BCUT2D eigenvalue weighted by atomic mass is 16.4. The van der Waals surface area contributed by atoms with Crippen LogP contribution in [0.4, 0.5) is 4.79 Å². The first-order valence-electron chi connectivity index (χ1n) is 10.8. The number of nitrogens with two attached hydrogens (primary N) is 1. The largest absolute Gasteiger partial charge is 0.465 e. The second-order valence-corrected chi connectivity index (χ2v) is 9.34. The summed E-state index contributed by atoms with van der Waals surface area (Å²) in [6.45, 7) is 1.52. The van der Waals surface area contributed by atoms with Crippen LogP contribution in [-0.2, 0) is 4.79 Å². The Morgan fingerprint density at radius 3 is 1.89 bits per heavy atom. The zero-order valence-corrected chi connectivity index (χ0v) is 16.8. The van der Waals surface area contributed by atoms with E-state index in [0.29, 0.717) is 5.41 Å². The number of nitrogens with zero attached hydrogens (tertiary/aromatic N) is 2. The van der Waals surface area contributed by atoms with Crippen LogP contribution in [0.1, 0.15) is 83.5 Å². The Hall–Kier alpha value is -1.81. The lowest BCUT2D eigenvalue weighted by atomic mass is 9.77. The maximum atomic E-state index is 11.9. The molecule has 1 heterocycles. The standard InChI is InChI=1S/C11H17N3O.C10H17NO2/c12-8-10(6-7-10)14-9(15)11(13)4-2-1-3-5-11;12-9(13)11-7-5-10(6-8-11)3-1-2-4-10/h1-7,13H2,(H,14,15);1-8H2,(H,12,13). The number of rotatable bonds is 2. The minimum absolute atomic E-state index is 0.124. The fourth-order valence-corrected chi connectivity index (χ4v) is 4.94. The van der Waals surface area contributed by atoms with E-state index in [1.165, 1.54) is 25.7 Å². The first kappa shape index (κ1) is 20.9. The Labute approximate surface area is 167 Å². The highest BCUT2D eigenvalue weighted by molar-refractivity contribution is 5.87. The summed E-state index contributed by atoms with van der Waals surface area (Å²) in [6, 6.07) is 2.15. The van der Waals surface area contributed by atoms with Gasteiger partial charge in [-0.3, -0.25) is 4.79 Å². The van der Waals surface area contributed by atoms with Gasteiger partial charge < -0.3 is 21.1 Å². The van der Waals surface area contributed by atoms with Gasteiger partial charge in [0.1, 0.15) is 5.54 Å². The molecular weight excluding hydrogens is 356 g/mol. The van der Waals surface area contributed by atoms with Gasteiger partial charge in [-0.05, 0) is 56.8 Å². The van der Waals surface area contributed by atoms with E-state index in [0.717, 1.165) is 70.9 Å². The second kappa shape index (κ2) is 8.28. The molecule has 0 radical (unpaired) electrons. The van der Waals surface area contributed by atoms with Crippen molar-refractivity contribution in [2.75, 3.05) is 13.1 Å². The third-order valence-electron chi connectivity index (χ3n) is 7.27. The summed E-state index contributed by atoms with van der Waals surface area (Å²) < 4.78 is 0. The number of carboxylic acid groups (broad SMARTS) is 1. The zero-order valence-electron chi connectivity index (χ0n) is 16.8. The maximum absolute atomic E-state index is 11.9. The molecule has 0 aromatic heterocycles. The molecule has 28 heavy (non-hydrogen) atoms. The third-order valence-corrected chi connectivity index (χ3v) is 7.27. The Bertz CT molecular complexity index is 616. The molecule has 7 nitrogen and oxygen atoms in total. The van der Waals surface area contributed by atoms with Crippen molar-refractivity contribution in [3.63, 3.8) is 0 Å². The van der Waals surface area contributed by atoms with Crippen molar-refractivity contribution in [2.24, 2.45) is 11.1 Å². The van der Waals surface area contributed by atoms with E-state index in [1.54, 1.807) is 4.90 Å². The van der Waals surface area contributed by atoms with Crippen LogP contribution in [0.2, 0.25) is 0 Å². The van der Waals surface area contributed by atoms with Gasteiger partial charge in [0.05, 0.1) is 11.6 Å². The van der Waals surface area contributed by atoms with E-state index in [2.05, 4.69) is 11.4 Å². The predicted molar refractivity (Wildman–Crippen MR) is 105 cm³/mol. The first-order valence-corrected chi connectivity index (χ1v) is 10.8. The number of nitrogens with one attached hydrogen (secondary N) is 1. The van der Waals surface area contributed by atoms with Gasteiger partial charge in [0, 0.05) is 13.1 Å². The quantitative estimate of drug-likeness (QED) is 0.669. The number of piperidine rings is 1. The van der Waals surface area contributed by atoms with Crippen LogP contribution >= 0.6 is 0 Å². The van der Waals surface area contributed by atoms with Crippen molar-refractivity contribution in [3.8, 4) is 6.07 Å². The van der Waals surface area contributed by atoms with Crippen molar-refractivity contribution in [1.82, 2.24) is 10.2 Å². The van der Waals surface area contributed by atoms with Gasteiger partial charge in [0.2, 0.25) is 5.91 Å². The van der Waals surface area contributed by atoms with Crippen LogP contribution in [0, 0.1) is 16.7 Å². The molecule has 1 saturated heterocycles. The molecule has 0 aromatic carbocycles. The SMILES string of the molecule is N#CC1(NC(=O)C2(N)CCCCC2)CC1.O=C(O)N1CCC2(CCCC2)CC1. The van der Waals surface area contributed by atoms with E-state index < -0.39 is 17.2 Å². The summed E-state index contributed by atoms with van der Waals surface area (Å²) in [5, 5.41) is 20.5. The number of hydrogen-bond acceptors (Lipinski definition) is 4. The molecule has 4 rings (SSSR count). The average Bonchev–Trinajstić information content (AvgIpc) is 3.33. The molecule has 2 amide bonds.